The quantitative estimate of drug-likeness (QED) is 0.684. The van der Waals surface area contributed by atoms with Gasteiger partial charge in [0.15, 0.2) is 0 Å². The fourth-order valence-electron chi connectivity index (χ4n) is 3.39. The van der Waals surface area contributed by atoms with E-state index >= 15 is 0 Å². The molecule has 1 spiro atoms. The minimum absolute atomic E-state index is 0.945. The Morgan fingerprint density at radius 3 is 1.72 bits per heavy atom. The van der Waals surface area contributed by atoms with Crippen molar-refractivity contribution in [2.75, 3.05) is 40.3 Å². The fourth-order valence-corrected chi connectivity index (χ4v) is 8.64. The summed E-state index contributed by atoms with van der Waals surface area (Å²) < 4.78 is 20.1. The average Bonchev–Trinajstić information content (AvgIpc) is 2.99. The van der Waals surface area contributed by atoms with Crippen molar-refractivity contribution in [1.82, 2.24) is 14.0 Å². The zero-order valence-corrected chi connectivity index (χ0v) is 12.7. The van der Waals surface area contributed by atoms with Gasteiger partial charge in [-0.25, -0.2) is 0 Å². The van der Waals surface area contributed by atoms with Gasteiger partial charge in [-0.3, -0.25) is 0 Å². The van der Waals surface area contributed by atoms with E-state index < -0.39 is 7.51 Å². The first-order valence-electron chi connectivity index (χ1n) is 6.78. The van der Waals surface area contributed by atoms with E-state index in [2.05, 4.69) is 28.1 Å². The molecule has 0 aliphatic carbocycles. The standard InChI is InChI=1S/C12H24N3O2P/c1-11-12(2)17-18(16-11,15-7-5-6-8-15)13(3)9-10-14(18)4/h5-10H2,1-4H3. The summed E-state index contributed by atoms with van der Waals surface area (Å²) in [6, 6.07) is 0. The number of allylic oxidation sites excluding steroid dienone is 2. The molecule has 0 radical (unpaired) electrons. The molecule has 0 saturated carbocycles. The van der Waals surface area contributed by atoms with Crippen molar-refractivity contribution in [1.29, 1.82) is 0 Å². The third-order valence-electron chi connectivity index (χ3n) is 4.57. The molecule has 104 valence electrons. The molecular formula is C12H24N3O2P. The van der Waals surface area contributed by atoms with Crippen molar-refractivity contribution >= 4 is 7.51 Å². The summed E-state index contributed by atoms with van der Waals surface area (Å²) in [6.07, 6.45) is 2.48. The molecule has 3 heterocycles. The van der Waals surface area contributed by atoms with Crippen LogP contribution in [0.2, 0.25) is 0 Å². The third kappa shape index (κ3) is 1.26. The molecule has 5 nitrogen and oxygen atoms in total. The maximum absolute atomic E-state index is 6.48. The minimum atomic E-state index is -2.99. The normalized spacial score (nSPS) is 34.6. The van der Waals surface area contributed by atoms with Gasteiger partial charge in [-0.2, -0.15) is 0 Å². The zero-order valence-electron chi connectivity index (χ0n) is 11.8. The van der Waals surface area contributed by atoms with Crippen LogP contribution in [0, 0.1) is 0 Å². The molecule has 18 heavy (non-hydrogen) atoms. The topological polar surface area (TPSA) is 28.2 Å². The van der Waals surface area contributed by atoms with Gasteiger partial charge in [0, 0.05) is 0 Å². The number of nitrogens with zero attached hydrogens (tertiary/aromatic N) is 3. The SMILES string of the molecule is CC1=C(C)OP2(N3CCCC3)(O1)N(C)CCN2C. The summed E-state index contributed by atoms with van der Waals surface area (Å²) in [5.74, 6) is 1.89. The number of likely N-dealkylation sites (N-methyl/N-ethyl adjacent to an activating group) is 2. The maximum atomic E-state index is 6.48. The van der Waals surface area contributed by atoms with Crippen LogP contribution in [0.1, 0.15) is 26.7 Å². The first-order valence-corrected chi connectivity index (χ1v) is 8.71. The molecule has 0 aromatic carbocycles. The molecule has 0 N–H and O–H groups in total. The van der Waals surface area contributed by atoms with Crippen LogP contribution in [0.4, 0.5) is 0 Å². The first kappa shape index (κ1) is 12.7. The van der Waals surface area contributed by atoms with Gasteiger partial charge < -0.3 is 0 Å². The molecule has 3 aliphatic rings. The molecule has 0 amide bonds. The van der Waals surface area contributed by atoms with Crippen LogP contribution in [-0.4, -0.2) is 54.3 Å². The van der Waals surface area contributed by atoms with Gasteiger partial charge in [0.25, 0.3) is 0 Å². The van der Waals surface area contributed by atoms with Crippen LogP contribution in [-0.2, 0) is 9.05 Å². The number of hydrogen-bond acceptors (Lipinski definition) is 5. The second-order valence-corrected chi connectivity index (χ2v) is 9.51. The Kier molecular flexibility index (Phi) is 2.69. The first-order chi connectivity index (χ1) is 8.50. The van der Waals surface area contributed by atoms with Gasteiger partial charge in [-0.15, -0.1) is 0 Å². The van der Waals surface area contributed by atoms with E-state index in [1.54, 1.807) is 0 Å². The van der Waals surface area contributed by atoms with Gasteiger partial charge in [-0.05, 0) is 0 Å². The van der Waals surface area contributed by atoms with E-state index in [1.165, 1.54) is 12.8 Å². The molecule has 6 heteroatoms. The Bertz CT molecular complexity index is 378. The van der Waals surface area contributed by atoms with Crippen molar-refractivity contribution in [2.24, 2.45) is 0 Å². The predicted molar refractivity (Wildman–Crippen MR) is 73.5 cm³/mol. The van der Waals surface area contributed by atoms with Crippen LogP contribution in [0.25, 0.3) is 0 Å². The van der Waals surface area contributed by atoms with E-state index in [0.29, 0.717) is 0 Å². The number of rotatable bonds is 1. The van der Waals surface area contributed by atoms with E-state index in [-0.39, 0.29) is 0 Å². The molecule has 0 aromatic rings. The summed E-state index contributed by atoms with van der Waals surface area (Å²) in [5, 5.41) is 0. The van der Waals surface area contributed by atoms with Gasteiger partial charge in [0.05, 0.1) is 0 Å². The zero-order chi connectivity index (χ0) is 13.0. The average molecular weight is 273 g/mol. The van der Waals surface area contributed by atoms with Crippen molar-refractivity contribution < 1.29 is 9.05 Å². The molecule has 0 unspecified atom stereocenters. The molecule has 2 saturated heterocycles. The van der Waals surface area contributed by atoms with Crippen molar-refractivity contribution in [3.8, 4) is 0 Å². The monoisotopic (exact) mass is 273 g/mol. The van der Waals surface area contributed by atoms with E-state index in [9.17, 15) is 0 Å². The van der Waals surface area contributed by atoms with Crippen LogP contribution in [0.3, 0.4) is 0 Å². The van der Waals surface area contributed by atoms with Gasteiger partial charge in [0.2, 0.25) is 0 Å². The molecule has 3 aliphatic heterocycles. The van der Waals surface area contributed by atoms with Crippen LogP contribution in [0.5, 0.6) is 0 Å². The van der Waals surface area contributed by atoms with E-state index in [1.807, 2.05) is 13.8 Å². The van der Waals surface area contributed by atoms with Crippen LogP contribution < -0.4 is 0 Å². The summed E-state index contributed by atoms with van der Waals surface area (Å²) in [5.41, 5.74) is 0. The molecule has 0 bridgehead atoms. The number of hydrogen-bond donors (Lipinski definition) is 0. The van der Waals surface area contributed by atoms with E-state index in [4.69, 9.17) is 9.05 Å². The van der Waals surface area contributed by atoms with E-state index in [0.717, 1.165) is 37.7 Å². The van der Waals surface area contributed by atoms with Gasteiger partial charge in [0.1, 0.15) is 0 Å². The Hall–Kier alpha value is -0.350. The summed E-state index contributed by atoms with van der Waals surface area (Å²) in [7, 11) is 1.30. The van der Waals surface area contributed by atoms with Gasteiger partial charge >= 0.3 is 109 Å². The Morgan fingerprint density at radius 1 is 0.833 bits per heavy atom. The molecule has 3 rings (SSSR count). The van der Waals surface area contributed by atoms with Crippen LogP contribution >= 0.6 is 7.51 Å². The Labute approximate surface area is 110 Å². The predicted octanol–water partition coefficient (Wildman–Crippen LogP) is 2.39. The summed E-state index contributed by atoms with van der Waals surface area (Å²) in [4.78, 5) is 0. The Morgan fingerprint density at radius 2 is 1.28 bits per heavy atom. The van der Waals surface area contributed by atoms with Crippen molar-refractivity contribution in [3.63, 3.8) is 0 Å². The molecule has 2 fully saturated rings. The second kappa shape index (κ2) is 3.83. The summed E-state index contributed by atoms with van der Waals surface area (Å²) in [6.45, 7) is 8.20. The van der Waals surface area contributed by atoms with Crippen molar-refractivity contribution in [2.45, 2.75) is 26.7 Å². The second-order valence-electron chi connectivity index (χ2n) is 5.55. The Balaban J connectivity index is 2.09. The van der Waals surface area contributed by atoms with Crippen LogP contribution in [0.15, 0.2) is 11.5 Å². The fraction of sp³-hybridized carbons (Fsp3) is 0.833. The molecule has 0 atom stereocenters. The van der Waals surface area contributed by atoms with Crippen molar-refractivity contribution in [3.05, 3.63) is 11.5 Å². The summed E-state index contributed by atoms with van der Waals surface area (Å²) >= 11 is 0. The molecular weight excluding hydrogens is 249 g/mol. The molecule has 0 aromatic heterocycles. The third-order valence-corrected chi connectivity index (χ3v) is 9.86. The van der Waals surface area contributed by atoms with Gasteiger partial charge in [-0.1, -0.05) is 0 Å².